The summed E-state index contributed by atoms with van der Waals surface area (Å²) in [6.45, 7) is 1.56. The van der Waals surface area contributed by atoms with Gasteiger partial charge in [-0.3, -0.25) is 19.8 Å². The number of hydrazine groups is 1. The summed E-state index contributed by atoms with van der Waals surface area (Å²) < 4.78 is 5.44. The van der Waals surface area contributed by atoms with E-state index in [2.05, 4.69) is 5.32 Å². The molecule has 1 heterocycles. The van der Waals surface area contributed by atoms with Gasteiger partial charge in [0.1, 0.15) is 10.8 Å². The minimum atomic E-state index is -0.764. The lowest BCUT2D eigenvalue weighted by Gasteiger charge is -2.13. The molecule has 1 atom stereocenters. The van der Waals surface area contributed by atoms with Crippen molar-refractivity contribution in [3.05, 3.63) is 45.8 Å². The van der Waals surface area contributed by atoms with E-state index < -0.39 is 17.9 Å². The summed E-state index contributed by atoms with van der Waals surface area (Å²) in [5.74, 6) is 4.17. The Bertz CT molecular complexity index is 907. The van der Waals surface area contributed by atoms with Gasteiger partial charge < -0.3 is 15.8 Å². The first-order valence-electron chi connectivity index (χ1n) is 8.93. The summed E-state index contributed by atoms with van der Waals surface area (Å²) in [5, 5.41) is 3.31. The van der Waals surface area contributed by atoms with Gasteiger partial charge in [-0.1, -0.05) is 0 Å². The van der Waals surface area contributed by atoms with Crippen LogP contribution in [0.2, 0.25) is 0 Å². The minimum Gasteiger partial charge on any atom is -0.481 e. The van der Waals surface area contributed by atoms with E-state index in [4.69, 9.17) is 16.3 Å². The number of anilines is 1. The second-order valence-corrected chi connectivity index (χ2v) is 7.63. The van der Waals surface area contributed by atoms with Crippen LogP contribution in [0.5, 0.6) is 5.75 Å². The molecule has 1 unspecified atom stereocenters. The quantitative estimate of drug-likeness (QED) is 0.331. The molecular weight excluding hydrogens is 380 g/mol. The third-order valence-electron chi connectivity index (χ3n) is 4.59. The van der Waals surface area contributed by atoms with Gasteiger partial charge in [0.2, 0.25) is 0 Å². The molecule has 0 fully saturated rings. The second-order valence-electron chi connectivity index (χ2n) is 6.53. The van der Waals surface area contributed by atoms with Crippen molar-refractivity contribution in [2.75, 3.05) is 5.32 Å². The van der Waals surface area contributed by atoms with Crippen LogP contribution in [0.3, 0.4) is 0 Å². The zero-order valence-corrected chi connectivity index (χ0v) is 16.2. The Morgan fingerprint density at radius 3 is 2.46 bits per heavy atom. The summed E-state index contributed by atoms with van der Waals surface area (Å²) >= 11 is 1.42. The maximum absolute atomic E-state index is 12.6. The highest BCUT2D eigenvalue weighted by Gasteiger charge is 2.25. The van der Waals surface area contributed by atoms with Crippen molar-refractivity contribution in [3.8, 4) is 5.75 Å². The van der Waals surface area contributed by atoms with Gasteiger partial charge in [0.25, 0.3) is 17.7 Å². The molecule has 2 aromatic rings. The molecule has 0 aliphatic heterocycles. The number of ether oxygens (including phenoxy) is 1. The van der Waals surface area contributed by atoms with E-state index in [0.717, 1.165) is 36.1 Å². The van der Waals surface area contributed by atoms with Crippen LogP contribution in [-0.4, -0.2) is 23.8 Å². The standard InChI is InChI=1S/C19H22N4O4S/c1-10(17(25)23-21)27-12-8-6-11(7-9-12)18(26)22-19-15(16(20)24)13-4-2-3-5-14(13)28-19/h6-10H,2-5,21H2,1H3,(H2,20,24)(H,22,26)(H,23,25). The first-order chi connectivity index (χ1) is 13.4. The number of nitrogens with one attached hydrogen (secondary N) is 2. The number of hydrogen-bond acceptors (Lipinski definition) is 6. The SMILES string of the molecule is CC(Oc1ccc(C(=O)Nc2sc3c(c2C(N)=O)CCCC3)cc1)C(=O)NN. The number of primary amides is 1. The molecule has 0 spiro atoms. The summed E-state index contributed by atoms with van der Waals surface area (Å²) in [6.07, 6.45) is 3.03. The van der Waals surface area contributed by atoms with E-state index in [9.17, 15) is 14.4 Å². The van der Waals surface area contributed by atoms with Crippen LogP contribution in [0.15, 0.2) is 24.3 Å². The topological polar surface area (TPSA) is 137 Å². The van der Waals surface area contributed by atoms with E-state index >= 15 is 0 Å². The van der Waals surface area contributed by atoms with Gasteiger partial charge in [-0.25, -0.2) is 5.84 Å². The number of thiophene rings is 1. The lowest BCUT2D eigenvalue weighted by Crippen LogP contribution is -2.40. The van der Waals surface area contributed by atoms with Gasteiger partial charge in [-0.15, -0.1) is 11.3 Å². The number of carbonyl (C=O) groups is 3. The number of nitrogens with two attached hydrogens (primary N) is 2. The van der Waals surface area contributed by atoms with E-state index in [0.29, 0.717) is 21.9 Å². The van der Waals surface area contributed by atoms with Crippen molar-refractivity contribution < 1.29 is 19.1 Å². The van der Waals surface area contributed by atoms with Crippen molar-refractivity contribution in [3.63, 3.8) is 0 Å². The van der Waals surface area contributed by atoms with Gasteiger partial charge in [0.15, 0.2) is 6.10 Å². The number of amides is 3. The molecule has 28 heavy (non-hydrogen) atoms. The molecule has 1 aromatic carbocycles. The first kappa shape index (κ1) is 19.8. The van der Waals surface area contributed by atoms with Gasteiger partial charge >= 0.3 is 0 Å². The van der Waals surface area contributed by atoms with E-state index in [1.165, 1.54) is 11.3 Å². The average Bonchev–Trinajstić information content (AvgIpc) is 3.05. The average molecular weight is 402 g/mol. The van der Waals surface area contributed by atoms with Crippen LogP contribution in [0.25, 0.3) is 0 Å². The van der Waals surface area contributed by atoms with Crippen molar-refractivity contribution in [2.24, 2.45) is 11.6 Å². The molecule has 6 N–H and O–H groups in total. The number of hydrogen-bond donors (Lipinski definition) is 4. The maximum Gasteiger partial charge on any atom is 0.274 e. The molecular formula is C19H22N4O4S. The molecule has 0 saturated heterocycles. The predicted octanol–water partition coefficient (Wildman–Crippen LogP) is 1.74. The Morgan fingerprint density at radius 2 is 1.82 bits per heavy atom. The highest BCUT2D eigenvalue weighted by atomic mass is 32.1. The summed E-state index contributed by atoms with van der Waals surface area (Å²) in [6, 6.07) is 6.33. The Hall–Kier alpha value is -2.91. The monoisotopic (exact) mass is 402 g/mol. The number of fused-ring (bicyclic) bond motifs is 1. The molecule has 3 amide bonds. The summed E-state index contributed by atoms with van der Waals surface area (Å²) in [7, 11) is 0. The van der Waals surface area contributed by atoms with Crippen LogP contribution in [0, 0.1) is 0 Å². The van der Waals surface area contributed by atoms with Crippen LogP contribution < -0.4 is 27.1 Å². The number of carbonyl (C=O) groups excluding carboxylic acids is 3. The fourth-order valence-electron chi connectivity index (χ4n) is 3.15. The van der Waals surface area contributed by atoms with E-state index in [1.807, 2.05) is 5.43 Å². The molecule has 1 aliphatic rings. The van der Waals surface area contributed by atoms with Crippen molar-refractivity contribution in [2.45, 2.75) is 38.7 Å². The fraction of sp³-hybridized carbons (Fsp3) is 0.316. The van der Waals surface area contributed by atoms with E-state index in [1.54, 1.807) is 31.2 Å². The van der Waals surface area contributed by atoms with Gasteiger partial charge in [-0.05, 0) is 62.4 Å². The normalized spacial score (nSPS) is 13.9. The molecule has 0 bridgehead atoms. The molecule has 0 saturated carbocycles. The molecule has 9 heteroatoms. The zero-order chi connectivity index (χ0) is 20.3. The van der Waals surface area contributed by atoms with Crippen molar-refractivity contribution in [1.29, 1.82) is 0 Å². The summed E-state index contributed by atoms with van der Waals surface area (Å²) in [5.41, 5.74) is 9.36. The smallest absolute Gasteiger partial charge is 0.274 e. The third kappa shape index (κ3) is 4.15. The van der Waals surface area contributed by atoms with Gasteiger partial charge in [0.05, 0.1) is 5.56 Å². The van der Waals surface area contributed by atoms with Crippen LogP contribution in [0.1, 0.15) is 50.9 Å². The molecule has 148 valence electrons. The van der Waals surface area contributed by atoms with Crippen LogP contribution in [0.4, 0.5) is 5.00 Å². The van der Waals surface area contributed by atoms with Crippen molar-refractivity contribution >= 4 is 34.1 Å². The summed E-state index contributed by atoms with van der Waals surface area (Å²) in [4.78, 5) is 37.1. The fourth-order valence-corrected chi connectivity index (χ4v) is 4.44. The van der Waals surface area contributed by atoms with E-state index in [-0.39, 0.29) is 5.91 Å². The lowest BCUT2D eigenvalue weighted by atomic mass is 9.95. The first-order valence-corrected chi connectivity index (χ1v) is 9.75. The Kier molecular flexibility index (Phi) is 5.96. The molecule has 0 radical (unpaired) electrons. The Morgan fingerprint density at radius 1 is 1.14 bits per heavy atom. The maximum atomic E-state index is 12.6. The van der Waals surface area contributed by atoms with Gasteiger partial charge in [-0.2, -0.15) is 0 Å². The van der Waals surface area contributed by atoms with Gasteiger partial charge in [0, 0.05) is 10.4 Å². The number of aryl methyl sites for hydroxylation is 1. The largest absolute Gasteiger partial charge is 0.481 e. The van der Waals surface area contributed by atoms with Crippen molar-refractivity contribution in [1.82, 2.24) is 5.43 Å². The molecule has 1 aromatic heterocycles. The lowest BCUT2D eigenvalue weighted by molar-refractivity contribution is -0.127. The highest BCUT2D eigenvalue weighted by molar-refractivity contribution is 7.17. The second kappa shape index (κ2) is 8.41. The third-order valence-corrected chi connectivity index (χ3v) is 5.79. The Balaban J connectivity index is 1.74. The van der Waals surface area contributed by atoms with Crippen LogP contribution >= 0.6 is 11.3 Å². The van der Waals surface area contributed by atoms with Crippen LogP contribution in [-0.2, 0) is 17.6 Å². The molecule has 3 rings (SSSR count). The number of benzene rings is 1. The predicted molar refractivity (Wildman–Crippen MR) is 106 cm³/mol. The Labute approximate surface area is 166 Å². The highest BCUT2D eigenvalue weighted by Crippen LogP contribution is 2.38. The molecule has 1 aliphatic carbocycles. The minimum absolute atomic E-state index is 0.347. The molecule has 8 nitrogen and oxygen atoms in total. The number of rotatable bonds is 6. The zero-order valence-electron chi connectivity index (χ0n) is 15.4.